The summed E-state index contributed by atoms with van der Waals surface area (Å²) in [4.78, 5) is 25.1. The standard InChI is InChI=1S/C13H13N3O2/c1-13(2)8-15-12(18)16(11(13)17)10-5-3-4-9(6-10)7-14/h3-6H,8H2,1-2H3,(H,15,18). The highest BCUT2D eigenvalue weighted by Crippen LogP contribution is 2.27. The number of benzene rings is 1. The molecule has 1 aliphatic rings. The van der Waals surface area contributed by atoms with Gasteiger partial charge in [0, 0.05) is 6.54 Å². The summed E-state index contributed by atoms with van der Waals surface area (Å²) in [5.74, 6) is -0.263. The Kier molecular flexibility index (Phi) is 2.79. The zero-order chi connectivity index (χ0) is 13.3. The summed E-state index contributed by atoms with van der Waals surface area (Å²) in [7, 11) is 0. The minimum Gasteiger partial charge on any atom is -0.336 e. The van der Waals surface area contributed by atoms with E-state index in [1.165, 1.54) is 6.07 Å². The second kappa shape index (κ2) is 4.15. The van der Waals surface area contributed by atoms with Crippen molar-refractivity contribution in [2.45, 2.75) is 13.8 Å². The molecule has 0 unspecified atom stereocenters. The van der Waals surface area contributed by atoms with Crippen LogP contribution in [0.5, 0.6) is 0 Å². The molecule has 0 saturated carbocycles. The van der Waals surface area contributed by atoms with Crippen LogP contribution in [-0.2, 0) is 4.79 Å². The van der Waals surface area contributed by atoms with E-state index in [4.69, 9.17) is 5.26 Å². The third-order valence-corrected chi connectivity index (χ3v) is 2.90. The molecule has 1 aliphatic heterocycles. The zero-order valence-electron chi connectivity index (χ0n) is 10.2. The third-order valence-electron chi connectivity index (χ3n) is 2.90. The number of carbonyl (C=O) groups excluding carboxylic acids is 2. The lowest BCUT2D eigenvalue weighted by atomic mass is 9.89. The molecule has 3 amide bonds. The Morgan fingerprint density at radius 1 is 1.39 bits per heavy atom. The lowest BCUT2D eigenvalue weighted by Crippen LogP contribution is -2.59. The molecule has 0 aromatic heterocycles. The van der Waals surface area contributed by atoms with Crippen molar-refractivity contribution in [3.05, 3.63) is 29.8 Å². The molecule has 0 aliphatic carbocycles. The molecule has 1 fully saturated rings. The van der Waals surface area contributed by atoms with Crippen LogP contribution in [0.2, 0.25) is 0 Å². The van der Waals surface area contributed by atoms with Crippen molar-refractivity contribution in [2.75, 3.05) is 11.4 Å². The maximum absolute atomic E-state index is 12.2. The van der Waals surface area contributed by atoms with E-state index in [1.54, 1.807) is 32.0 Å². The van der Waals surface area contributed by atoms with Crippen molar-refractivity contribution < 1.29 is 9.59 Å². The first-order chi connectivity index (χ1) is 8.45. The number of nitriles is 1. The molecule has 0 bridgehead atoms. The number of nitrogens with one attached hydrogen (secondary N) is 1. The average Bonchev–Trinajstić information content (AvgIpc) is 2.35. The van der Waals surface area contributed by atoms with Crippen LogP contribution < -0.4 is 10.2 Å². The molecule has 1 heterocycles. The Hall–Kier alpha value is -2.35. The minimum absolute atomic E-state index is 0.263. The van der Waals surface area contributed by atoms with E-state index in [0.29, 0.717) is 17.8 Å². The van der Waals surface area contributed by atoms with Gasteiger partial charge >= 0.3 is 6.03 Å². The van der Waals surface area contributed by atoms with Gasteiger partial charge in [-0.2, -0.15) is 5.26 Å². The summed E-state index contributed by atoms with van der Waals surface area (Å²) < 4.78 is 0. The van der Waals surface area contributed by atoms with Gasteiger partial charge in [0.05, 0.1) is 22.7 Å². The molecule has 0 spiro atoms. The number of nitrogens with zero attached hydrogens (tertiary/aromatic N) is 2. The zero-order valence-corrected chi connectivity index (χ0v) is 10.2. The van der Waals surface area contributed by atoms with Gasteiger partial charge in [-0.15, -0.1) is 0 Å². The quantitative estimate of drug-likeness (QED) is 0.814. The molecule has 1 aromatic rings. The number of rotatable bonds is 1. The molecule has 5 heteroatoms. The van der Waals surface area contributed by atoms with Gasteiger partial charge in [-0.25, -0.2) is 9.69 Å². The van der Waals surface area contributed by atoms with Gasteiger partial charge in [-0.05, 0) is 32.0 Å². The van der Waals surface area contributed by atoms with Gasteiger partial charge in [0.2, 0.25) is 5.91 Å². The van der Waals surface area contributed by atoms with Crippen LogP contribution in [0.1, 0.15) is 19.4 Å². The van der Waals surface area contributed by atoms with Crippen molar-refractivity contribution in [3.63, 3.8) is 0 Å². The predicted molar refractivity (Wildman–Crippen MR) is 65.8 cm³/mol. The average molecular weight is 243 g/mol. The van der Waals surface area contributed by atoms with E-state index in [0.717, 1.165) is 4.90 Å². The molecule has 1 N–H and O–H groups in total. The monoisotopic (exact) mass is 243 g/mol. The summed E-state index contributed by atoms with van der Waals surface area (Å²) in [6.45, 7) is 3.87. The van der Waals surface area contributed by atoms with Crippen LogP contribution in [0, 0.1) is 16.7 Å². The maximum Gasteiger partial charge on any atom is 0.328 e. The number of anilines is 1. The second-order valence-electron chi connectivity index (χ2n) is 4.85. The molecule has 18 heavy (non-hydrogen) atoms. The lowest BCUT2D eigenvalue weighted by Gasteiger charge is -2.36. The van der Waals surface area contributed by atoms with E-state index in [1.807, 2.05) is 6.07 Å². The molecule has 1 saturated heterocycles. The third kappa shape index (κ3) is 1.93. The van der Waals surface area contributed by atoms with E-state index in [2.05, 4.69) is 5.32 Å². The normalized spacial score (nSPS) is 18.2. The summed E-state index contributed by atoms with van der Waals surface area (Å²) >= 11 is 0. The molecule has 5 nitrogen and oxygen atoms in total. The van der Waals surface area contributed by atoms with Gasteiger partial charge in [-0.3, -0.25) is 4.79 Å². The Bertz CT molecular complexity index is 558. The van der Waals surface area contributed by atoms with E-state index in [9.17, 15) is 9.59 Å². The molecular formula is C13H13N3O2. The number of amides is 3. The number of urea groups is 1. The summed E-state index contributed by atoms with van der Waals surface area (Å²) in [6, 6.07) is 7.98. The predicted octanol–water partition coefficient (Wildman–Crippen LogP) is 1.64. The molecule has 0 radical (unpaired) electrons. The van der Waals surface area contributed by atoms with Crippen molar-refractivity contribution in [3.8, 4) is 6.07 Å². The van der Waals surface area contributed by atoms with Gasteiger partial charge in [0.25, 0.3) is 0 Å². The first-order valence-corrected chi connectivity index (χ1v) is 5.58. The van der Waals surface area contributed by atoms with E-state index in [-0.39, 0.29) is 5.91 Å². The lowest BCUT2D eigenvalue weighted by molar-refractivity contribution is -0.126. The van der Waals surface area contributed by atoms with E-state index >= 15 is 0 Å². The van der Waals surface area contributed by atoms with Crippen molar-refractivity contribution in [1.29, 1.82) is 5.26 Å². The Morgan fingerprint density at radius 3 is 2.78 bits per heavy atom. The van der Waals surface area contributed by atoms with Crippen LogP contribution in [-0.4, -0.2) is 18.5 Å². The fraction of sp³-hybridized carbons (Fsp3) is 0.308. The molecule has 1 aromatic carbocycles. The number of imide groups is 1. The van der Waals surface area contributed by atoms with Crippen LogP contribution in [0.4, 0.5) is 10.5 Å². The second-order valence-corrected chi connectivity index (χ2v) is 4.85. The van der Waals surface area contributed by atoms with E-state index < -0.39 is 11.4 Å². The number of hydrogen-bond acceptors (Lipinski definition) is 3. The van der Waals surface area contributed by atoms with Crippen LogP contribution in [0.25, 0.3) is 0 Å². The fourth-order valence-electron chi connectivity index (χ4n) is 1.80. The van der Waals surface area contributed by atoms with Crippen molar-refractivity contribution >= 4 is 17.6 Å². The van der Waals surface area contributed by atoms with Gasteiger partial charge in [0.15, 0.2) is 0 Å². The largest absolute Gasteiger partial charge is 0.336 e. The fourth-order valence-corrected chi connectivity index (χ4v) is 1.80. The van der Waals surface area contributed by atoms with Crippen molar-refractivity contribution in [1.82, 2.24) is 5.32 Å². The highest BCUT2D eigenvalue weighted by molar-refractivity contribution is 6.17. The topological polar surface area (TPSA) is 73.2 Å². The summed E-state index contributed by atoms with van der Waals surface area (Å²) in [5, 5.41) is 11.5. The van der Waals surface area contributed by atoms with Crippen LogP contribution in [0.3, 0.4) is 0 Å². The van der Waals surface area contributed by atoms with Gasteiger partial charge in [-0.1, -0.05) is 6.07 Å². The smallest absolute Gasteiger partial charge is 0.328 e. The first kappa shape index (κ1) is 12.1. The first-order valence-electron chi connectivity index (χ1n) is 5.58. The maximum atomic E-state index is 12.2. The van der Waals surface area contributed by atoms with Crippen LogP contribution in [0.15, 0.2) is 24.3 Å². The molecule has 0 atom stereocenters. The summed E-state index contributed by atoms with van der Waals surface area (Å²) in [5.41, 5.74) is 0.192. The molecule has 2 rings (SSSR count). The number of carbonyl (C=O) groups is 2. The Labute approximate surface area is 105 Å². The Balaban J connectivity index is 2.44. The number of hydrogen-bond donors (Lipinski definition) is 1. The van der Waals surface area contributed by atoms with Crippen LogP contribution >= 0.6 is 0 Å². The van der Waals surface area contributed by atoms with Gasteiger partial charge < -0.3 is 5.32 Å². The molecular weight excluding hydrogens is 230 g/mol. The highest BCUT2D eigenvalue weighted by atomic mass is 16.2. The SMILES string of the molecule is CC1(C)CNC(=O)N(c2cccc(C#N)c2)C1=O. The minimum atomic E-state index is -0.642. The summed E-state index contributed by atoms with van der Waals surface area (Å²) in [6.07, 6.45) is 0. The highest BCUT2D eigenvalue weighted by Gasteiger charge is 2.40. The van der Waals surface area contributed by atoms with Crippen molar-refractivity contribution in [2.24, 2.45) is 5.41 Å². The molecule has 92 valence electrons. The van der Waals surface area contributed by atoms with Gasteiger partial charge in [0.1, 0.15) is 0 Å². The Morgan fingerprint density at radius 2 is 2.11 bits per heavy atom.